The molecule has 0 radical (unpaired) electrons. The van der Waals surface area contributed by atoms with Crippen LogP contribution in [0.2, 0.25) is 0 Å². The van der Waals surface area contributed by atoms with Crippen molar-refractivity contribution in [3.05, 3.63) is 45.5 Å². The first kappa shape index (κ1) is 13.1. The quantitative estimate of drug-likeness (QED) is 0.851. The second kappa shape index (κ2) is 4.42. The van der Waals surface area contributed by atoms with E-state index in [2.05, 4.69) is 0 Å². The molecule has 1 N–H and O–H groups in total. The molecule has 4 nitrogen and oxygen atoms in total. The summed E-state index contributed by atoms with van der Waals surface area (Å²) in [7, 11) is 0. The summed E-state index contributed by atoms with van der Waals surface area (Å²) >= 11 is 0. The second-order valence-electron chi connectivity index (χ2n) is 3.83. The third kappa shape index (κ3) is 1.87. The standard InChI is InChI=1S/C12H8F3NO3/c1-2-16-7(12(18)19)4-8(17)5-3-6(13)9(14)10(15)11(5)16/h3-4H,2H2,1H3,(H,18,19). The summed E-state index contributed by atoms with van der Waals surface area (Å²) in [5, 5.41) is 8.55. The van der Waals surface area contributed by atoms with Crippen LogP contribution in [0.25, 0.3) is 10.9 Å². The Balaban J connectivity index is 3.11. The highest BCUT2D eigenvalue weighted by Crippen LogP contribution is 2.22. The van der Waals surface area contributed by atoms with Crippen LogP contribution < -0.4 is 5.43 Å². The van der Waals surface area contributed by atoms with Crippen molar-refractivity contribution in [2.24, 2.45) is 0 Å². The highest BCUT2D eigenvalue weighted by molar-refractivity contribution is 5.90. The molecule has 2 aromatic rings. The third-order valence-electron chi connectivity index (χ3n) is 2.77. The minimum absolute atomic E-state index is 0.0135. The molecule has 0 aliphatic heterocycles. The van der Waals surface area contributed by atoms with Gasteiger partial charge in [-0.15, -0.1) is 0 Å². The maximum atomic E-state index is 13.8. The number of carboxylic acid groups (broad SMARTS) is 1. The van der Waals surface area contributed by atoms with E-state index >= 15 is 0 Å². The SMILES string of the molecule is CCn1c(C(=O)O)cc(=O)c2cc(F)c(F)c(F)c21. The van der Waals surface area contributed by atoms with Gasteiger partial charge in [0, 0.05) is 12.6 Å². The van der Waals surface area contributed by atoms with Gasteiger partial charge in [-0.3, -0.25) is 4.79 Å². The maximum Gasteiger partial charge on any atom is 0.352 e. The van der Waals surface area contributed by atoms with Gasteiger partial charge in [0.2, 0.25) is 0 Å². The van der Waals surface area contributed by atoms with Crippen molar-refractivity contribution in [3.63, 3.8) is 0 Å². The molecule has 0 unspecified atom stereocenters. The largest absolute Gasteiger partial charge is 0.477 e. The smallest absolute Gasteiger partial charge is 0.352 e. The molecule has 1 aromatic carbocycles. The van der Waals surface area contributed by atoms with Crippen LogP contribution in [-0.4, -0.2) is 15.6 Å². The van der Waals surface area contributed by atoms with Gasteiger partial charge in [-0.1, -0.05) is 0 Å². The number of pyridine rings is 1. The summed E-state index contributed by atoms with van der Waals surface area (Å²) in [6.45, 7) is 1.48. The van der Waals surface area contributed by atoms with Gasteiger partial charge in [0.05, 0.1) is 10.9 Å². The van der Waals surface area contributed by atoms with Crippen LogP contribution in [0.1, 0.15) is 17.4 Å². The van der Waals surface area contributed by atoms with Crippen LogP contribution in [0.3, 0.4) is 0 Å². The molecule has 0 aliphatic rings. The lowest BCUT2D eigenvalue weighted by Gasteiger charge is -2.13. The first-order chi connectivity index (χ1) is 8.88. The van der Waals surface area contributed by atoms with Gasteiger partial charge in [-0.2, -0.15) is 0 Å². The molecule has 0 amide bonds. The van der Waals surface area contributed by atoms with Gasteiger partial charge in [0.15, 0.2) is 22.9 Å². The van der Waals surface area contributed by atoms with E-state index in [4.69, 9.17) is 5.11 Å². The molecule has 0 atom stereocenters. The molecule has 0 spiro atoms. The zero-order valence-electron chi connectivity index (χ0n) is 9.71. The summed E-state index contributed by atoms with van der Waals surface area (Å²) in [6, 6.07) is 1.32. The maximum absolute atomic E-state index is 13.8. The fraction of sp³-hybridized carbons (Fsp3) is 0.167. The highest BCUT2D eigenvalue weighted by Gasteiger charge is 2.21. The van der Waals surface area contributed by atoms with Crippen molar-refractivity contribution < 1.29 is 23.1 Å². The molecular formula is C12H8F3NO3. The molecule has 0 fully saturated rings. The van der Waals surface area contributed by atoms with Gasteiger partial charge in [0.25, 0.3) is 0 Å². The van der Waals surface area contributed by atoms with Crippen LogP contribution in [0.15, 0.2) is 16.9 Å². The number of benzene rings is 1. The molecule has 0 saturated heterocycles. The van der Waals surface area contributed by atoms with Gasteiger partial charge in [-0.25, -0.2) is 18.0 Å². The number of aryl methyl sites for hydroxylation is 1. The number of carboxylic acids is 1. The van der Waals surface area contributed by atoms with Crippen molar-refractivity contribution in [2.45, 2.75) is 13.5 Å². The Morgan fingerprint density at radius 2 is 1.89 bits per heavy atom. The number of hydrogen-bond acceptors (Lipinski definition) is 2. The fourth-order valence-corrected chi connectivity index (χ4v) is 1.94. The zero-order valence-corrected chi connectivity index (χ0v) is 9.71. The number of aromatic nitrogens is 1. The Hall–Kier alpha value is -2.31. The summed E-state index contributed by atoms with van der Waals surface area (Å²) < 4.78 is 41.0. The number of fused-ring (bicyclic) bond motifs is 1. The van der Waals surface area contributed by atoms with Crippen LogP contribution in [0, 0.1) is 17.5 Å². The van der Waals surface area contributed by atoms with Crippen molar-refractivity contribution in [1.29, 1.82) is 0 Å². The third-order valence-corrected chi connectivity index (χ3v) is 2.77. The summed E-state index contributed by atoms with van der Waals surface area (Å²) in [5.41, 5.74) is -1.91. The van der Waals surface area contributed by atoms with Crippen LogP contribution in [0.4, 0.5) is 13.2 Å². The molecule has 0 aliphatic carbocycles. The Bertz CT molecular complexity index is 752. The lowest BCUT2D eigenvalue weighted by Crippen LogP contribution is -2.19. The molecule has 0 saturated carbocycles. The lowest BCUT2D eigenvalue weighted by atomic mass is 10.1. The first-order valence-corrected chi connectivity index (χ1v) is 5.32. The van der Waals surface area contributed by atoms with Crippen molar-refractivity contribution in [2.75, 3.05) is 0 Å². The predicted octanol–water partition coefficient (Wildman–Crippen LogP) is 2.14. The second-order valence-corrected chi connectivity index (χ2v) is 3.83. The molecule has 1 heterocycles. The van der Waals surface area contributed by atoms with E-state index in [1.54, 1.807) is 0 Å². The predicted molar refractivity (Wildman–Crippen MR) is 60.7 cm³/mol. The Morgan fingerprint density at radius 1 is 1.26 bits per heavy atom. The van der Waals surface area contributed by atoms with Gasteiger partial charge in [-0.05, 0) is 13.0 Å². The molecule has 1 aromatic heterocycles. The minimum Gasteiger partial charge on any atom is -0.477 e. The van der Waals surface area contributed by atoms with Crippen molar-refractivity contribution in [3.8, 4) is 0 Å². The van der Waals surface area contributed by atoms with E-state index in [-0.39, 0.29) is 6.54 Å². The number of aromatic carboxylic acids is 1. The minimum atomic E-state index is -1.74. The van der Waals surface area contributed by atoms with E-state index in [1.165, 1.54) is 6.92 Å². The molecule has 100 valence electrons. The molecular weight excluding hydrogens is 263 g/mol. The normalized spacial score (nSPS) is 10.9. The molecule has 7 heteroatoms. The molecule has 0 bridgehead atoms. The lowest BCUT2D eigenvalue weighted by molar-refractivity contribution is 0.0685. The number of hydrogen-bond donors (Lipinski definition) is 1. The average Bonchev–Trinajstić information content (AvgIpc) is 2.36. The Morgan fingerprint density at radius 3 is 2.42 bits per heavy atom. The van der Waals surface area contributed by atoms with Crippen LogP contribution >= 0.6 is 0 Å². The first-order valence-electron chi connectivity index (χ1n) is 5.32. The van der Waals surface area contributed by atoms with Gasteiger partial charge >= 0.3 is 5.97 Å². The van der Waals surface area contributed by atoms with Crippen LogP contribution in [0.5, 0.6) is 0 Å². The monoisotopic (exact) mass is 271 g/mol. The summed E-state index contributed by atoms with van der Waals surface area (Å²) in [5.74, 6) is -6.26. The molecule has 2 rings (SSSR count). The fourth-order valence-electron chi connectivity index (χ4n) is 1.94. The highest BCUT2D eigenvalue weighted by atomic mass is 19.2. The van der Waals surface area contributed by atoms with E-state index < -0.39 is 45.4 Å². The number of nitrogens with zero attached hydrogens (tertiary/aromatic N) is 1. The van der Waals surface area contributed by atoms with E-state index in [0.29, 0.717) is 6.07 Å². The van der Waals surface area contributed by atoms with Crippen LogP contribution in [-0.2, 0) is 6.54 Å². The van der Waals surface area contributed by atoms with Crippen molar-refractivity contribution in [1.82, 2.24) is 4.57 Å². The van der Waals surface area contributed by atoms with Gasteiger partial charge < -0.3 is 9.67 Å². The van der Waals surface area contributed by atoms with E-state index in [9.17, 15) is 22.8 Å². The number of rotatable bonds is 2. The Labute approximate surface area is 104 Å². The van der Waals surface area contributed by atoms with Crippen molar-refractivity contribution >= 4 is 16.9 Å². The average molecular weight is 271 g/mol. The zero-order chi connectivity index (χ0) is 14.3. The summed E-state index contributed by atoms with van der Waals surface area (Å²) in [4.78, 5) is 22.6. The number of carbonyl (C=O) groups is 1. The van der Waals surface area contributed by atoms with E-state index in [1.807, 2.05) is 0 Å². The topological polar surface area (TPSA) is 59.3 Å². The Kier molecular flexibility index (Phi) is 3.05. The van der Waals surface area contributed by atoms with E-state index in [0.717, 1.165) is 10.6 Å². The number of halogens is 3. The molecule has 19 heavy (non-hydrogen) atoms. The summed E-state index contributed by atoms with van der Waals surface area (Å²) in [6.07, 6.45) is 0. The van der Waals surface area contributed by atoms with Gasteiger partial charge in [0.1, 0.15) is 5.69 Å².